The lowest BCUT2D eigenvalue weighted by Crippen LogP contribution is -1.86. The molecule has 0 aliphatic rings. The molecule has 3 aromatic heterocycles. The van der Waals surface area contributed by atoms with Crippen LogP contribution in [0.2, 0.25) is 0 Å². The minimum Gasteiger partial charge on any atom is -0.307 e. The average molecular weight is 306 g/mol. The predicted molar refractivity (Wildman–Crippen MR) is 98.5 cm³/mol. The number of hydrogen-bond donors (Lipinski definition) is 0. The zero-order valence-electron chi connectivity index (χ0n) is 13.2. The van der Waals surface area contributed by atoms with Gasteiger partial charge in [0.1, 0.15) is 6.07 Å². The molecule has 0 fully saturated rings. The van der Waals surface area contributed by atoms with Gasteiger partial charge in [0.2, 0.25) is 0 Å². The van der Waals surface area contributed by atoms with Gasteiger partial charge in [-0.25, -0.2) is 0 Å². The molecule has 0 spiro atoms. The van der Waals surface area contributed by atoms with Crippen LogP contribution in [0.3, 0.4) is 0 Å². The first-order valence-corrected chi connectivity index (χ1v) is 8.04. The van der Waals surface area contributed by atoms with Gasteiger partial charge in [-0.15, -0.1) is 0 Å². The van der Waals surface area contributed by atoms with Crippen molar-refractivity contribution in [3.05, 3.63) is 77.9 Å². The van der Waals surface area contributed by atoms with E-state index in [2.05, 4.69) is 65.9 Å². The molecule has 2 nitrogen and oxygen atoms in total. The Morgan fingerprint density at radius 3 is 2.17 bits per heavy atom. The molecule has 0 atom stereocenters. The van der Waals surface area contributed by atoms with Crippen LogP contribution in [-0.4, -0.2) is 4.40 Å². The topological polar surface area (TPSA) is 28.2 Å². The van der Waals surface area contributed by atoms with E-state index < -0.39 is 0 Å². The first-order chi connectivity index (χ1) is 11.8. The minimum atomic E-state index is 0.756. The summed E-state index contributed by atoms with van der Waals surface area (Å²) in [6.07, 6.45) is 0. The van der Waals surface area contributed by atoms with E-state index in [0.717, 1.165) is 27.7 Å². The van der Waals surface area contributed by atoms with E-state index >= 15 is 0 Å². The fourth-order valence-corrected chi connectivity index (χ4v) is 3.92. The maximum absolute atomic E-state index is 9.86. The maximum atomic E-state index is 9.86. The number of nitriles is 1. The zero-order chi connectivity index (χ0) is 16.3. The Labute approximate surface area is 139 Å². The summed E-state index contributed by atoms with van der Waals surface area (Å²) in [6.45, 7) is 2.13. The van der Waals surface area contributed by atoms with Crippen LogP contribution in [0, 0.1) is 18.3 Å². The smallest absolute Gasteiger partial charge is 0.102 e. The molecule has 0 radical (unpaired) electrons. The SMILES string of the molecule is Cc1ccc2c(C#N)c(-c3ccccc3)c3c4ccccc4c1n23. The van der Waals surface area contributed by atoms with Crippen molar-refractivity contribution in [3.63, 3.8) is 0 Å². The molecule has 0 saturated carbocycles. The molecule has 0 aliphatic carbocycles. The van der Waals surface area contributed by atoms with Crippen molar-refractivity contribution in [3.8, 4) is 17.2 Å². The van der Waals surface area contributed by atoms with Gasteiger partial charge in [0, 0.05) is 16.3 Å². The van der Waals surface area contributed by atoms with Gasteiger partial charge in [-0.1, -0.05) is 60.7 Å². The van der Waals surface area contributed by atoms with Gasteiger partial charge in [0.15, 0.2) is 0 Å². The third-order valence-corrected chi connectivity index (χ3v) is 4.91. The zero-order valence-corrected chi connectivity index (χ0v) is 13.2. The van der Waals surface area contributed by atoms with Crippen LogP contribution in [-0.2, 0) is 0 Å². The molecule has 0 saturated heterocycles. The highest BCUT2D eigenvalue weighted by Crippen LogP contribution is 2.42. The highest BCUT2D eigenvalue weighted by molar-refractivity contribution is 6.17. The summed E-state index contributed by atoms with van der Waals surface area (Å²) in [5.41, 5.74) is 7.45. The fourth-order valence-electron chi connectivity index (χ4n) is 3.92. The van der Waals surface area contributed by atoms with Crippen molar-refractivity contribution < 1.29 is 0 Å². The molecule has 0 N–H and O–H groups in total. The Balaban J connectivity index is 2.15. The van der Waals surface area contributed by atoms with Crippen molar-refractivity contribution in [1.82, 2.24) is 4.40 Å². The normalized spacial score (nSPS) is 11.5. The highest BCUT2D eigenvalue weighted by Gasteiger charge is 2.23. The van der Waals surface area contributed by atoms with Gasteiger partial charge in [0.05, 0.1) is 22.1 Å². The lowest BCUT2D eigenvalue weighted by Gasteiger charge is -2.02. The molecule has 2 aromatic carbocycles. The van der Waals surface area contributed by atoms with E-state index in [0.29, 0.717) is 0 Å². The molecule has 112 valence electrons. The number of aromatic nitrogens is 1. The largest absolute Gasteiger partial charge is 0.307 e. The number of benzene rings is 2. The summed E-state index contributed by atoms with van der Waals surface area (Å²) in [7, 11) is 0. The van der Waals surface area contributed by atoms with Crippen LogP contribution in [0.5, 0.6) is 0 Å². The molecule has 0 unspecified atom stereocenters. The summed E-state index contributed by atoms with van der Waals surface area (Å²) >= 11 is 0. The number of aryl methyl sites for hydroxylation is 1. The van der Waals surface area contributed by atoms with Crippen molar-refractivity contribution in [2.75, 3.05) is 0 Å². The summed E-state index contributed by atoms with van der Waals surface area (Å²) in [5.74, 6) is 0. The molecule has 3 heterocycles. The van der Waals surface area contributed by atoms with Gasteiger partial charge in [-0.3, -0.25) is 0 Å². The second-order valence-corrected chi connectivity index (χ2v) is 6.21. The summed E-state index contributed by atoms with van der Waals surface area (Å²) in [4.78, 5) is 0. The van der Waals surface area contributed by atoms with Crippen LogP contribution < -0.4 is 0 Å². The molecular formula is C22H14N2. The van der Waals surface area contributed by atoms with E-state index in [1.165, 1.54) is 21.9 Å². The van der Waals surface area contributed by atoms with E-state index in [9.17, 15) is 5.26 Å². The van der Waals surface area contributed by atoms with Crippen molar-refractivity contribution >= 4 is 27.3 Å². The van der Waals surface area contributed by atoms with Gasteiger partial charge in [0.25, 0.3) is 0 Å². The van der Waals surface area contributed by atoms with Crippen LogP contribution in [0.4, 0.5) is 0 Å². The Morgan fingerprint density at radius 2 is 1.46 bits per heavy atom. The van der Waals surface area contributed by atoms with Crippen LogP contribution in [0.1, 0.15) is 11.1 Å². The van der Waals surface area contributed by atoms with E-state index in [1.807, 2.05) is 18.2 Å². The van der Waals surface area contributed by atoms with Gasteiger partial charge in [-0.05, 0) is 24.1 Å². The first kappa shape index (κ1) is 13.2. The Morgan fingerprint density at radius 1 is 0.792 bits per heavy atom. The third kappa shape index (κ3) is 1.49. The van der Waals surface area contributed by atoms with E-state index in [1.54, 1.807) is 0 Å². The summed E-state index contributed by atoms with van der Waals surface area (Å²) in [5, 5.41) is 12.3. The van der Waals surface area contributed by atoms with Crippen LogP contribution >= 0.6 is 0 Å². The third-order valence-electron chi connectivity index (χ3n) is 4.91. The minimum absolute atomic E-state index is 0.756. The lowest BCUT2D eigenvalue weighted by molar-refractivity contribution is 1.31. The fraction of sp³-hybridized carbons (Fsp3) is 0.0455. The van der Waals surface area contributed by atoms with Crippen LogP contribution in [0.25, 0.3) is 38.4 Å². The van der Waals surface area contributed by atoms with Crippen molar-refractivity contribution in [2.24, 2.45) is 0 Å². The highest BCUT2D eigenvalue weighted by atomic mass is 14.9. The number of nitrogens with zero attached hydrogens (tertiary/aromatic N) is 2. The monoisotopic (exact) mass is 306 g/mol. The second kappa shape index (κ2) is 4.59. The molecular weight excluding hydrogens is 292 g/mol. The maximum Gasteiger partial charge on any atom is 0.102 e. The van der Waals surface area contributed by atoms with E-state index in [4.69, 9.17) is 0 Å². The average Bonchev–Trinajstić information content (AvgIpc) is 3.14. The molecule has 5 aromatic rings. The first-order valence-electron chi connectivity index (χ1n) is 8.04. The standard InChI is InChI=1S/C22H14N2/c1-14-11-12-19-18(13-23)20(15-7-3-2-4-8-15)22-17-10-6-5-9-16(17)21(14)24(19)22/h2-12H,1H3. The molecule has 0 aliphatic heterocycles. The lowest BCUT2D eigenvalue weighted by atomic mass is 9.99. The molecule has 5 rings (SSSR count). The van der Waals surface area contributed by atoms with Crippen LogP contribution in [0.15, 0.2) is 66.7 Å². The molecule has 24 heavy (non-hydrogen) atoms. The number of pyridine rings is 1. The molecule has 0 bridgehead atoms. The van der Waals surface area contributed by atoms with Gasteiger partial charge >= 0.3 is 0 Å². The van der Waals surface area contributed by atoms with Crippen molar-refractivity contribution in [2.45, 2.75) is 6.92 Å². The van der Waals surface area contributed by atoms with Gasteiger partial charge in [-0.2, -0.15) is 5.26 Å². The van der Waals surface area contributed by atoms with Crippen molar-refractivity contribution in [1.29, 1.82) is 5.26 Å². The Hall–Kier alpha value is -3.31. The predicted octanol–water partition coefficient (Wildman–Crippen LogP) is 5.53. The number of hydrogen-bond acceptors (Lipinski definition) is 1. The summed E-state index contributed by atoms with van der Waals surface area (Å²) < 4.78 is 2.26. The Bertz CT molecular complexity index is 1250. The van der Waals surface area contributed by atoms with Gasteiger partial charge < -0.3 is 4.40 Å². The second-order valence-electron chi connectivity index (χ2n) is 6.21. The Kier molecular flexibility index (Phi) is 2.52. The molecule has 0 amide bonds. The number of rotatable bonds is 1. The van der Waals surface area contributed by atoms with E-state index in [-0.39, 0.29) is 0 Å². The number of fused-ring (bicyclic) bond motifs is 3. The quantitative estimate of drug-likeness (QED) is 0.400. The molecule has 2 heteroatoms. The summed E-state index contributed by atoms with van der Waals surface area (Å²) in [6, 6.07) is 25.3.